The zero-order valence-electron chi connectivity index (χ0n) is 19.6. The third-order valence-corrected chi connectivity index (χ3v) is 6.77. The second-order valence-electron chi connectivity index (χ2n) is 8.42. The average molecular weight is 549 g/mol. The van der Waals surface area contributed by atoms with Gasteiger partial charge in [0.2, 0.25) is 5.91 Å². The van der Waals surface area contributed by atoms with Gasteiger partial charge in [0.15, 0.2) is 17.7 Å². The molecule has 1 aliphatic heterocycles. The van der Waals surface area contributed by atoms with E-state index >= 15 is 0 Å². The molecule has 7 N–H and O–H groups in total. The number of fused-ring (bicyclic) bond motifs is 1. The van der Waals surface area contributed by atoms with Crippen molar-refractivity contribution in [3.05, 3.63) is 48.4 Å². The molecule has 3 aromatic rings. The Bertz CT molecular complexity index is 1450. The highest BCUT2D eigenvalue weighted by Gasteiger charge is 2.45. The van der Waals surface area contributed by atoms with Crippen LogP contribution in [0.5, 0.6) is 0 Å². The molecule has 1 fully saturated rings. The molecule has 2 aromatic heterocycles. The minimum absolute atomic E-state index is 0.0153. The number of nitrogens with two attached hydrogens (primary N) is 1. The third-order valence-electron chi connectivity index (χ3n) is 5.85. The number of hydrogen-bond donors (Lipinski definition) is 6. The van der Waals surface area contributed by atoms with Crippen LogP contribution >= 0.6 is 0 Å². The van der Waals surface area contributed by atoms with Gasteiger partial charge in [0.1, 0.15) is 23.8 Å². The Hall–Kier alpha value is -3.45. The Morgan fingerprint density at radius 2 is 1.87 bits per heavy atom. The number of nitrogen functional groups attached to an aromatic ring is 1. The lowest BCUT2D eigenvalue weighted by atomic mass is 9.76. The number of ketones is 1. The van der Waals surface area contributed by atoms with E-state index in [4.69, 9.17) is 14.7 Å². The maximum atomic E-state index is 12.4. The second-order valence-corrected chi connectivity index (χ2v) is 9.77. The van der Waals surface area contributed by atoms with Gasteiger partial charge in [-0.15, -0.1) is 0 Å². The number of benzene rings is 1. The summed E-state index contributed by atoms with van der Waals surface area (Å²) in [6.07, 6.45) is -3.76. The van der Waals surface area contributed by atoms with Crippen molar-refractivity contribution in [3.63, 3.8) is 0 Å². The maximum Gasteiger partial charge on any atom is 0.489 e. The van der Waals surface area contributed by atoms with Crippen molar-refractivity contribution in [1.82, 2.24) is 19.3 Å². The number of anilines is 1. The van der Waals surface area contributed by atoms with E-state index in [0.29, 0.717) is 11.2 Å². The highest BCUT2D eigenvalue weighted by atomic mass is 32.2. The molecule has 1 aromatic carbocycles. The molecule has 4 rings (SSSR count). The van der Waals surface area contributed by atoms with Gasteiger partial charge in [-0.05, 0) is 11.5 Å². The molecule has 0 bridgehead atoms. The summed E-state index contributed by atoms with van der Waals surface area (Å²) in [5.74, 6) is -1.66. The molecular formula is C21H24BN5O10S. The minimum Gasteiger partial charge on any atom is -0.423 e. The molecule has 1 aliphatic rings. The van der Waals surface area contributed by atoms with E-state index in [0.717, 1.165) is 0 Å². The van der Waals surface area contributed by atoms with Crippen LogP contribution in [0.2, 0.25) is 0 Å². The van der Waals surface area contributed by atoms with Crippen LogP contribution in [-0.4, -0.2) is 86.9 Å². The number of aliphatic hydroxyl groups excluding tert-OH is 2. The fraction of sp³-hybridized carbons (Fsp3) is 0.333. The number of nitrogens with one attached hydrogen (secondary N) is 1. The Balaban J connectivity index is 1.32. The van der Waals surface area contributed by atoms with Gasteiger partial charge in [-0.25, -0.2) is 14.7 Å². The number of nitrogens with zero attached hydrogens (tertiary/aromatic N) is 3. The molecule has 202 valence electrons. The first-order valence-electron chi connectivity index (χ1n) is 11.3. The lowest BCUT2D eigenvalue weighted by Crippen LogP contribution is -2.38. The summed E-state index contributed by atoms with van der Waals surface area (Å²) in [6, 6.07) is 7.21. The highest BCUT2D eigenvalue weighted by molar-refractivity contribution is 7.85. The van der Waals surface area contributed by atoms with Crippen molar-refractivity contribution in [1.29, 1.82) is 0 Å². The first-order valence-corrected chi connectivity index (χ1v) is 12.7. The SMILES string of the molecule is Nc1ccnc2c1ncn2[C@@H]1O[C@H](COS(=O)(=O)NC(=O)CCC(=O)c2ccccc2B(O)O)[C@@H](O)[C@H]1O. The number of ether oxygens (including phenoxy) is 1. The Morgan fingerprint density at radius 3 is 2.61 bits per heavy atom. The fourth-order valence-corrected chi connectivity index (χ4v) is 4.70. The van der Waals surface area contributed by atoms with Crippen molar-refractivity contribution in [3.8, 4) is 0 Å². The van der Waals surface area contributed by atoms with Crippen LogP contribution in [-0.2, 0) is 24.0 Å². The topological polar surface area (TPSA) is 236 Å². The zero-order chi connectivity index (χ0) is 27.6. The quantitative estimate of drug-likeness (QED) is 0.112. The van der Waals surface area contributed by atoms with E-state index in [1.165, 1.54) is 47.4 Å². The van der Waals surface area contributed by atoms with Gasteiger partial charge in [0, 0.05) is 24.6 Å². The highest BCUT2D eigenvalue weighted by Crippen LogP contribution is 2.32. The van der Waals surface area contributed by atoms with Crippen LogP contribution in [0.1, 0.15) is 29.4 Å². The van der Waals surface area contributed by atoms with E-state index < -0.39 is 73.1 Å². The Morgan fingerprint density at radius 1 is 1.13 bits per heavy atom. The van der Waals surface area contributed by atoms with Crippen LogP contribution < -0.4 is 15.9 Å². The number of pyridine rings is 1. The Labute approximate surface area is 216 Å². The number of amides is 1. The van der Waals surface area contributed by atoms with Crippen LogP contribution in [0.3, 0.4) is 0 Å². The molecule has 0 unspecified atom stereocenters. The number of rotatable bonds is 10. The molecule has 0 aliphatic carbocycles. The van der Waals surface area contributed by atoms with Crippen molar-refractivity contribution >= 4 is 51.4 Å². The van der Waals surface area contributed by atoms with Crippen molar-refractivity contribution in [2.24, 2.45) is 0 Å². The molecular weight excluding hydrogens is 525 g/mol. The van der Waals surface area contributed by atoms with Gasteiger partial charge in [-0.3, -0.25) is 18.3 Å². The number of imidazole rings is 1. The number of Topliss-reactive ketones (excluding diaryl/α,β-unsaturated/α-hetero) is 1. The summed E-state index contributed by atoms with van der Waals surface area (Å²) < 4.78 is 37.8. The lowest BCUT2D eigenvalue weighted by Gasteiger charge is -2.16. The van der Waals surface area contributed by atoms with Crippen LogP contribution in [0.15, 0.2) is 42.9 Å². The molecule has 15 nitrogen and oxygen atoms in total. The van der Waals surface area contributed by atoms with Gasteiger partial charge < -0.3 is 30.7 Å². The van der Waals surface area contributed by atoms with Crippen LogP contribution in [0.4, 0.5) is 5.69 Å². The van der Waals surface area contributed by atoms with Gasteiger partial charge in [0.25, 0.3) is 0 Å². The molecule has 1 amide bonds. The molecule has 3 heterocycles. The predicted molar refractivity (Wildman–Crippen MR) is 131 cm³/mol. The smallest absolute Gasteiger partial charge is 0.423 e. The van der Waals surface area contributed by atoms with Crippen molar-refractivity contribution in [2.75, 3.05) is 12.3 Å². The average Bonchev–Trinajstić information content (AvgIpc) is 3.42. The summed E-state index contributed by atoms with van der Waals surface area (Å²) in [5, 5.41) is 39.5. The van der Waals surface area contributed by atoms with Gasteiger partial charge in [-0.2, -0.15) is 8.42 Å². The van der Waals surface area contributed by atoms with Gasteiger partial charge >= 0.3 is 17.4 Å². The Kier molecular flexibility index (Phi) is 8.07. The first-order chi connectivity index (χ1) is 18.0. The number of aliphatic hydroxyl groups is 2. The number of carbonyl (C=O) groups is 2. The van der Waals surface area contributed by atoms with Crippen molar-refractivity contribution in [2.45, 2.75) is 37.4 Å². The molecule has 0 saturated carbocycles. The third kappa shape index (κ3) is 5.83. The number of aromatic nitrogens is 3. The molecule has 0 spiro atoms. The lowest BCUT2D eigenvalue weighted by molar-refractivity contribution is -0.119. The van der Waals surface area contributed by atoms with E-state index in [1.54, 1.807) is 4.72 Å². The monoisotopic (exact) mass is 549 g/mol. The zero-order valence-corrected chi connectivity index (χ0v) is 20.4. The van der Waals surface area contributed by atoms with E-state index in [1.807, 2.05) is 0 Å². The fourth-order valence-electron chi connectivity index (χ4n) is 3.95. The molecule has 17 heteroatoms. The number of hydrogen-bond acceptors (Lipinski definition) is 13. The molecule has 4 atom stereocenters. The molecule has 38 heavy (non-hydrogen) atoms. The standard InChI is InChI=1S/C21H24BN5O10S/c23-13-7-8-24-20-17(13)25-10-27(20)21-19(31)18(30)15(37-21)9-36-38(34,35)26-16(29)6-5-14(28)11-3-1-2-4-12(11)22(32)33/h1-4,7-8,10,15,18-19,21,30-33H,5-6,9H2,(H2,23,24)(H,26,29)/t15-,18-,19-,21-/m1/s1. The number of carbonyl (C=O) groups excluding carboxylic acids is 2. The van der Waals surface area contributed by atoms with E-state index in [9.17, 15) is 38.3 Å². The molecule has 0 radical (unpaired) electrons. The van der Waals surface area contributed by atoms with Crippen LogP contribution in [0, 0.1) is 0 Å². The van der Waals surface area contributed by atoms with Gasteiger partial charge in [-0.1, -0.05) is 24.3 Å². The van der Waals surface area contributed by atoms with Crippen LogP contribution in [0.25, 0.3) is 11.2 Å². The largest absolute Gasteiger partial charge is 0.489 e. The predicted octanol–water partition coefficient (Wildman–Crippen LogP) is -2.65. The summed E-state index contributed by atoms with van der Waals surface area (Å²) >= 11 is 0. The normalized spacial score (nSPS) is 21.5. The van der Waals surface area contributed by atoms with Gasteiger partial charge in [0.05, 0.1) is 18.6 Å². The van der Waals surface area contributed by atoms with E-state index in [-0.39, 0.29) is 16.7 Å². The minimum atomic E-state index is -4.67. The summed E-state index contributed by atoms with van der Waals surface area (Å²) in [4.78, 5) is 32.7. The van der Waals surface area contributed by atoms with Crippen molar-refractivity contribution < 1.29 is 47.2 Å². The first kappa shape index (κ1) is 27.6. The summed E-state index contributed by atoms with van der Waals surface area (Å²) in [7, 11) is -6.56. The maximum absolute atomic E-state index is 12.4. The molecule has 1 saturated heterocycles. The van der Waals surface area contributed by atoms with E-state index in [2.05, 4.69) is 9.97 Å². The summed E-state index contributed by atoms with van der Waals surface area (Å²) in [6.45, 7) is -0.750. The summed E-state index contributed by atoms with van der Waals surface area (Å²) in [5.41, 5.74) is 6.74. The second kappa shape index (κ2) is 11.1.